The monoisotopic (exact) mass is 235 g/mol. The van der Waals surface area contributed by atoms with Gasteiger partial charge in [-0.15, -0.1) is 0 Å². The van der Waals surface area contributed by atoms with Gasteiger partial charge in [0.1, 0.15) is 18.5 Å². The molecule has 17 heavy (non-hydrogen) atoms. The van der Waals surface area contributed by atoms with Gasteiger partial charge in [-0.3, -0.25) is 0 Å². The highest BCUT2D eigenvalue weighted by Crippen LogP contribution is 2.19. The largest absolute Gasteiger partial charge is 0.491 e. The van der Waals surface area contributed by atoms with E-state index in [0.29, 0.717) is 19.2 Å². The Morgan fingerprint density at radius 1 is 1.41 bits per heavy atom. The molecule has 0 radical (unpaired) electrons. The minimum absolute atomic E-state index is 0.358. The molecule has 1 aromatic carbocycles. The summed E-state index contributed by atoms with van der Waals surface area (Å²) in [6.45, 7) is 3.09. The molecule has 1 fully saturated rings. The van der Waals surface area contributed by atoms with E-state index in [0.717, 1.165) is 12.2 Å². The fourth-order valence-corrected chi connectivity index (χ4v) is 1.77. The average molecular weight is 235 g/mol. The van der Waals surface area contributed by atoms with Crippen LogP contribution >= 0.6 is 0 Å². The maximum atomic E-state index is 9.76. The molecule has 0 bridgehead atoms. The maximum Gasteiger partial charge on any atom is 0.122 e. The second kappa shape index (κ2) is 6.03. The van der Waals surface area contributed by atoms with E-state index in [-0.39, 0.29) is 0 Å². The standard InChI is InChI=1S/C14H21NO2/c1-2-11-5-3-4-6-14(11)17-10-13(16)9-15-12-7-8-12/h3-6,12-13,15-16H,2,7-10H2,1H3. The van der Waals surface area contributed by atoms with Crippen molar-refractivity contribution in [1.82, 2.24) is 5.32 Å². The van der Waals surface area contributed by atoms with Crippen LogP contribution in [-0.2, 0) is 6.42 Å². The van der Waals surface area contributed by atoms with Gasteiger partial charge in [-0.1, -0.05) is 25.1 Å². The number of aryl methyl sites for hydroxylation is 1. The third kappa shape index (κ3) is 4.02. The van der Waals surface area contributed by atoms with Crippen molar-refractivity contribution in [2.45, 2.75) is 38.3 Å². The first-order chi connectivity index (χ1) is 8.29. The SMILES string of the molecule is CCc1ccccc1OCC(O)CNC1CC1. The summed E-state index contributed by atoms with van der Waals surface area (Å²) in [5.74, 6) is 0.889. The van der Waals surface area contributed by atoms with Crippen LogP contribution in [0.3, 0.4) is 0 Å². The van der Waals surface area contributed by atoms with Crippen molar-refractivity contribution in [1.29, 1.82) is 0 Å². The Balaban J connectivity index is 1.75. The number of hydrogen-bond donors (Lipinski definition) is 2. The van der Waals surface area contributed by atoms with Crippen molar-refractivity contribution in [3.05, 3.63) is 29.8 Å². The van der Waals surface area contributed by atoms with Crippen molar-refractivity contribution < 1.29 is 9.84 Å². The average Bonchev–Trinajstić information content (AvgIpc) is 3.18. The lowest BCUT2D eigenvalue weighted by atomic mass is 10.1. The zero-order chi connectivity index (χ0) is 12.1. The molecule has 94 valence electrons. The van der Waals surface area contributed by atoms with E-state index in [2.05, 4.69) is 18.3 Å². The summed E-state index contributed by atoms with van der Waals surface area (Å²) >= 11 is 0. The van der Waals surface area contributed by atoms with Gasteiger partial charge in [-0.25, -0.2) is 0 Å². The van der Waals surface area contributed by atoms with Crippen LogP contribution in [0.4, 0.5) is 0 Å². The summed E-state index contributed by atoms with van der Waals surface area (Å²) in [4.78, 5) is 0. The first-order valence-corrected chi connectivity index (χ1v) is 6.41. The van der Waals surface area contributed by atoms with E-state index in [4.69, 9.17) is 4.74 Å². The van der Waals surface area contributed by atoms with Crippen molar-refractivity contribution in [2.24, 2.45) is 0 Å². The predicted octanol–water partition coefficient (Wildman–Crippen LogP) is 1.74. The Morgan fingerprint density at radius 2 is 2.18 bits per heavy atom. The van der Waals surface area contributed by atoms with Crippen LogP contribution in [0.2, 0.25) is 0 Å². The molecule has 0 aliphatic heterocycles. The van der Waals surface area contributed by atoms with Crippen LogP contribution in [-0.4, -0.2) is 30.4 Å². The zero-order valence-corrected chi connectivity index (χ0v) is 10.4. The topological polar surface area (TPSA) is 41.5 Å². The fraction of sp³-hybridized carbons (Fsp3) is 0.571. The molecule has 2 N–H and O–H groups in total. The van der Waals surface area contributed by atoms with Gasteiger partial charge in [0, 0.05) is 12.6 Å². The quantitative estimate of drug-likeness (QED) is 0.756. The zero-order valence-electron chi connectivity index (χ0n) is 10.4. The van der Waals surface area contributed by atoms with Crippen molar-refractivity contribution in [3.63, 3.8) is 0 Å². The van der Waals surface area contributed by atoms with E-state index < -0.39 is 6.10 Å². The number of nitrogens with one attached hydrogen (secondary N) is 1. The maximum absolute atomic E-state index is 9.76. The molecular weight excluding hydrogens is 214 g/mol. The predicted molar refractivity (Wildman–Crippen MR) is 68.3 cm³/mol. The number of aliphatic hydroxyl groups is 1. The van der Waals surface area contributed by atoms with E-state index in [1.165, 1.54) is 18.4 Å². The first kappa shape index (κ1) is 12.4. The lowest BCUT2D eigenvalue weighted by Gasteiger charge is -2.14. The lowest BCUT2D eigenvalue weighted by molar-refractivity contribution is 0.105. The number of hydrogen-bond acceptors (Lipinski definition) is 3. The van der Waals surface area contributed by atoms with Crippen LogP contribution < -0.4 is 10.1 Å². The minimum atomic E-state index is -0.430. The summed E-state index contributed by atoms with van der Waals surface area (Å²) in [7, 11) is 0. The molecule has 3 heteroatoms. The number of benzene rings is 1. The highest BCUT2D eigenvalue weighted by molar-refractivity contribution is 5.33. The van der Waals surface area contributed by atoms with Crippen molar-refractivity contribution in [2.75, 3.05) is 13.2 Å². The Labute approximate surface area is 103 Å². The molecule has 0 heterocycles. The molecule has 1 unspecified atom stereocenters. The third-order valence-electron chi connectivity index (χ3n) is 3.00. The van der Waals surface area contributed by atoms with Gasteiger partial charge in [0.05, 0.1) is 0 Å². The normalized spacial score (nSPS) is 16.8. The van der Waals surface area contributed by atoms with Gasteiger partial charge in [-0.05, 0) is 30.9 Å². The second-order valence-electron chi connectivity index (χ2n) is 4.61. The summed E-state index contributed by atoms with van der Waals surface area (Å²) in [5, 5.41) is 13.1. The second-order valence-corrected chi connectivity index (χ2v) is 4.61. The Hall–Kier alpha value is -1.06. The molecular formula is C14H21NO2. The van der Waals surface area contributed by atoms with Crippen LogP contribution in [0, 0.1) is 0 Å². The Bertz CT molecular complexity index is 350. The number of ether oxygens (including phenoxy) is 1. The fourth-order valence-electron chi connectivity index (χ4n) is 1.77. The Kier molecular flexibility index (Phi) is 4.40. The summed E-state index contributed by atoms with van der Waals surface area (Å²) in [6, 6.07) is 8.62. The summed E-state index contributed by atoms with van der Waals surface area (Å²) < 4.78 is 5.65. The molecule has 3 nitrogen and oxygen atoms in total. The van der Waals surface area contributed by atoms with Crippen molar-refractivity contribution >= 4 is 0 Å². The molecule has 0 saturated heterocycles. The lowest BCUT2D eigenvalue weighted by Crippen LogP contribution is -2.32. The van der Waals surface area contributed by atoms with Gasteiger partial charge in [0.25, 0.3) is 0 Å². The van der Waals surface area contributed by atoms with E-state index in [9.17, 15) is 5.11 Å². The van der Waals surface area contributed by atoms with Gasteiger partial charge < -0.3 is 15.2 Å². The van der Waals surface area contributed by atoms with Crippen molar-refractivity contribution in [3.8, 4) is 5.75 Å². The molecule has 0 aromatic heterocycles. The first-order valence-electron chi connectivity index (χ1n) is 6.41. The van der Waals surface area contributed by atoms with Crippen LogP contribution in [0.15, 0.2) is 24.3 Å². The van der Waals surface area contributed by atoms with Gasteiger partial charge in [-0.2, -0.15) is 0 Å². The Morgan fingerprint density at radius 3 is 2.88 bits per heavy atom. The van der Waals surface area contributed by atoms with Gasteiger partial charge >= 0.3 is 0 Å². The number of rotatable bonds is 7. The van der Waals surface area contributed by atoms with E-state index in [1.807, 2.05) is 18.2 Å². The smallest absolute Gasteiger partial charge is 0.122 e. The summed E-state index contributed by atoms with van der Waals surface area (Å²) in [5.41, 5.74) is 1.19. The van der Waals surface area contributed by atoms with Crippen LogP contribution in [0.1, 0.15) is 25.3 Å². The third-order valence-corrected chi connectivity index (χ3v) is 3.00. The van der Waals surface area contributed by atoms with Crippen LogP contribution in [0.25, 0.3) is 0 Å². The molecule has 1 saturated carbocycles. The molecule has 1 aromatic rings. The highest BCUT2D eigenvalue weighted by atomic mass is 16.5. The minimum Gasteiger partial charge on any atom is -0.491 e. The van der Waals surface area contributed by atoms with Gasteiger partial charge in [0.2, 0.25) is 0 Å². The van der Waals surface area contributed by atoms with E-state index in [1.54, 1.807) is 0 Å². The highest BCUT2D eigenvalue weighted by Gasteiger charge is 2.21. The number of aliphatic hydroxyl groups excluding tert-OH is 1. The molecule has 0 spiro atoms. The molecule has 2 rings (SSSR count). The molecule has 1 atom stereocenters. The van der Waals surface area contributed by atoms with Crippen LogP contribution in [0.5, 0.6) is 5.75 Å². The number of para-hydroxylation sites is 1. The van der Waals surface area contributed by atoms with E-state index >= 15 is 0 Å². The molecule has 0 amide bonds. The molecule has 1 aliphatic carbocycles. The summed E-state index contributed by atoms with van der Waals surface area (Å²) in [6.07, 6.45) is 3.01. The molecule has 1 aliphatic rings. The van der Waals surface area contributed by atoms with Gasteiger partial charge in [0.15, 0.2) is 0 Å².